The largest absolute Gasteiger partial charge is 0.494 e. The molecule has 0 unspecified atom stereocenters. The van der Waals surface area contributed by atoms with Crippen LogP contribution in [0.3, 0.4) is 0 Å². The van der Waals surface area contributed by atoms with E-state index in [0.29, 0.717) is 12.3 Å². The van der Waals surface area contributed by atoms with Crippen LogP contribution in [0.4, 0.5) is 5.69 Å². The average Bonchev–Trinajstić information content (AvgIpc) is 2.50. The van der Waals surface area contributed by atoms with E-state index in [9.17, 15) is 4.79 Å². The fourth-order valence-corrected chi connectivity index (χ4v) is 1.72. The highest BCUT2D eigenvalue weighted by Crippen LogP contribution is 2.12. The molecule has 0 saturated heterocycles. The SMILES string of the molecule is CCOc1ccc(C=NNc2cccc(C(=O)O)c2)cc1. The predicted molar refractivity (Wildman–Crippen MR) is 82.2 cm³/mol. The van der Waals surface area contributed by atoms with Crippen LogP contribution in [0.25, 0.3) is 0 Å². The molecule has 0 heterocycles. The Labute approximate surface area is 122 Å². The fraction of sp³-hybridized carbons (Fsp3) is 0.125. The zero-order valence-corrected chi connectivity index (χ0v) is 11.6. The van der Waals surface area contributed by atoms with Gasteiger partial charge in [0.05, 0.1) is 24.1 Å². The van der Waals surface area contributed by atoms with Crippen molar-refractivity contribution in [2.75, 3.05) is 12.0 Å². The topological polar surface area (TPSA) is 70.9 Å². The second-order valence-corrected chi connectivity index (χ2v) is 4.26. The van der Waals surface area contributed by atoms with E-state index in [1.54, 1.807) is 18.3 Å². The van der Waals surface area contributed by atoms with Gasteiger partial charge in [0.15, 0.2) is 0 Å². The van der Waals surface area contributed by atoms with E-state index in [0.717, 1.165) is 11.3 Å². The average molecular weight is 284 g/mol. The Balaban J connectivity index is 1.98. The van der Waals surface area contributed by atoms with E-state index in [1.807, 2.05) is 31.2 Å². The lowest BCUT2D eigenvalue weighted by atomic mass is 10.2. The maximum atomic E-state index is 10.9. The molecule has 108 valence electrons. The van der Waals surface area contributed by atoms with Crippen LogP contribution in [0.5, 0.6) is 5.75 Å². The number of hydrogen-bond donors (Lipinski definition) is 2. The lowest BCUT2D eigenvalue weighted by Crippen LogP contribution is -1.97. The molecule has 2 aromatic rings. The standard InChI is InChI=1S/C16H16N2O3/c1-2-21-15-8-6-12(7-9-15)11-17-18-14-5-3-4-13(10-14)16(19)20/h3-11,18H,2H2,1H3,(H,19,20). The molecular weight excluding hydrogens is 268 g/mol. The maximum absolute atomic E-state index is 10.9. The number of benzene rings is 2. The molecule has 2 N–H and O–H groups in total. The summed E-state index contributed by atoms with van der Waals surface area (Å²) in [5, 5.41) is 13.0. The van der Waals surface area contributed by atoms with Crippen LogP contribution in [0, 0.1) is 0 Å². The van der Waals surface area contributed by atoms with Gasteiger partial charge in [-0.05, 0) is 55.0 Å². The van der Waals surface area contributed by atoms with Gasteiger partial charge in [0.25, 0.3) is 0 Å². The molecule has 21 heavy (non-hydrogen) atoms. The summed E-state index contributed by atoms with van der Waals surface area (Å²) in [5.74, 6) is -0.147. The number of anilines is 1. The number of nitrogens with one attached hydrogen (secondary N) is 1. The van der Waals surface area contributed by atoms with E-state index in [1.165, 1.54) is 12.1 Å². The van der Waals surface area contributed by atoms with Gasteiger partial charge in [-0.3, -0.25) is 5.43 Å². The van der Waals surface area contributed by atoms with Crippen LogP contribution in [0.2, 0.25) is 0 Å². The lowest BCUT2D eigenvalue weighted by Gasteiger charge is -2.03. The maximum Gasteiger partial charge on any atom is 0.335 e. The van der Waals surface area contributed by atoms with Gasteiger partial charge >= 0.3 is 5.97 Å². The van der Waals surface area contributed by atoms with Crippen LogP contribution in [-0.4, -0.2) is 23.9 Å². The van der Waals surface area contributed by atoms with Gasteiger partial charge in [0, 0.05) is 0 Å². The second kappa shape index (κ2) is 7.09. The third kappa shape index (κ3) is 4.35. The molecule has 5 nitrogen and oxygen atoms in total. The van der Waals surface area contributed by atoms with Crippen LogP contribution in [-0.2, 0) is 0 Å². The van der Waals surface area contributed by atoms with Crippen molar-refractivity contribution in [2.24, 2.45) is 5.10 Å². The molecule has 2 rings (SSSR count). The minimum atomic E-state index is -0.964. The summed E-state index contributed by atoms with van der Waals surface area (Å²) in [5.41, 5.74) is 4.56. The molecule has 0 spiro atoms. The van der Waals surface area contributed by atoms with Gasteiger partial charge < -0.3 is 9.84 Å². The first kappa shape index (κ1) is 14.6. The Bertz CT molecular complexity index is 636. The number of ether oxygens (including phenoxy) is 1. The number of aromatic carboxylic acids is 1. The number of nitrogens with zero attached hydrogens (tertiary/aromatic N) is 1. The fourth-order valence-electron chi connectivity index (χ4n) is 1.72. The highest BCUT2D eigenvalue weighted by Gasteiger charge is 2.01. The van der Waals surface area contributed by atoms with Gasteiger partial charge in [-0.15, -0.1) is 0 Å². The Morgan fingerprint density at radius 1 is 1.29 bits per heavy atom. The molecule has 0 aliphatic carbocycles. The highest BCUT2D eigenvalue weighted by atomic mass is 16.5. The zero-order chi connectivity index (χ0) is 15.1. The van der Waals surface area contributed by atoms with Crippen molar-refractivity contribution in [3.8, 4) is 5.75 Å². The molecule has 0 aliphatic heterocycles. The summed E-state index contributed by atoms with van der Waals surface area (Å²) in [7, 11) is 0. The van der Waals surface area contributed by atoms with Crippen molar-refractivity contribution in [2.45, 2.75) is 6.92 Å². The number of carbonyl (C=O) groups is 1. The van der Waals surface area contributed by atoms with E-state index >= 15 is 0 Å². The molecular formula is C16H16N2O3. The number of hydrogen-bond acceptors (Lipinski definition) is 4. The van der Waals surface area contributed by atoms with Crippen molar-refractivity contribution in [1.82, 2.24) is 0 Å². The summed E-state index contributed by atoms with van der Waals surface area (Å²) in [6.07, 6.45) is 1.66. The molecule has 2 aromatic carbocycles. The highest BCUT2D eigenvalue weighted by molar-refractivity contribution is 5.88. The Morgan fingerprint density at radius 3 is 2.71 bits per heavy atom. The van der Waals surface area contributed by atoms with Gasteiger partial charge in [-0.1, -0.05) is 6.07 Å². The third-order valence-electron chi connectivity index (χ3n) is 2.71. The van der Waals surface area contributed by atoms with E-state index in [-0.39, 0.29) is 5.56 Å². The quantitative estimate of drug-likeness (QED) is 0.631. The molecule has 0 aromatic heterocycles. The first-order chi connectivity index (χ1) is 10.2. The molecule has 0 aliphatic rings. The summed E-state index contributed by atoms with van der Waals surface area (Å²) in [4.78, 5) is 10.9. The molecule has 0 saturated carbocycles. The second-order valence-electron chi connectivity index (χ2n) is 4.26. The molecule has 0 amide bonds. The predicted octanol–water partition coefficient (Wildman–Crippen LogP) is 3.23. The van der Waals surface area contributed by atoms with E-state index in [4.69, 9.17) is 9.84 Å². The number of rotatable bonds is 6. The number of carboxylic acid groups (broad SMARTS) is 1. The summed E-state index contributed by atoms with van der Waals surface area (Å²) in [6, 6.07) is 14.0. The molecule has 0 atom stereocenters. The third-order valence-corrected chi connectivity index (χ3v) is 2.71. The van der Waals surface area contributed by atoms with Crippen LogP contribution in [0.1, 0.15) is 22.8 Å². The van der Waals surface area contributed by atoms with Crippen molar-refractivity contribution < 1.29 is 14.6 Å². The van der Waals surface area contributed by atoms with Gasteiger partial charge in [-0.25, -0.2) is 4.79 Å². The van der Waals surface area contributed by atoms with Crippen LogP contribution < -0.4 is 10.2 Å². The van der Waals surface area contributed by atoms with Crippen molar-refractivity contribution in [3.05, 3.63) is 59.7 Å². The molecule has 0 bridgehead atoms. The molecule has 0 fully saturated rings. The van der Waals surface area contributed by atoms with Crippen LogP contribution in [0.15, 0.2) is 53.6 Å². The first-order valence-electron chi connectivity index (χ1n) is 6.54. The van der Waals surface area contributed by atoms with E-state index in [2.05, 4.69) is 10.5 Å². The van der Waals surface area contributed by atoms with Crippen molar-refractivity contribution in [1.29, 1.82) is 0 Å². The number of carboxylic acids is 1. The van der Waals surface area contributed by atoms with Crippen molar-refractivity contribution in [3.63, 3.8) is 0 Å². The summed E-state index contributed by atoms with van der Waals surface area (Å²) < 4.78 is 5.35. The van der Waals surface area contributed by atoms with E-state index < -0.39 is 5.97 Å². The van der Waals surface area contributed by atoms with Gasteiger partial charge in [-0.2, -0.15) is 5.10 Å². The Hall–Kier alpha value is -2.82. The smallest absolute Gasteiger partial charge is 0.335 e. The monoisotopic (exact) mass is 284 g/mol. The molecule has 0 radical (unpaired) electrons. The van der Waals surface area contributed by atoms with Crippen LogP contribution >= 0.6 is 0 Å². The van der Waals surface area contributed by atoms with Crippen molar-refractivity contribution >= 4 is 17.9 Å². The minimum absolute atomic E-state index is 0.219. The summed E-state index contributed by atoms with van der Waals surface area (Å²) >= 11 is 0. The Morgan fingerprint density at radius 2 is 2.05 bits per heavy atom. The normalized spacial score (nSPS) is 10.5. The Kier molecular flexibility index (Phi) is 4.93. The first-order valence-corrected chi connectivity index (χ1v) is 6.54. The molecule has 5 heteroatoms. The van der Waals surface area contributed by atoms with Gasteiger partial charge in [0.2, 0.25) is 0 Å². The lowest BCUT2D eigenvalue weighted by molar-refractivity contribution is 0.0697. The summed E-state index contributed by atoms with van der Waals surface area (Å²) in [6.45, 7) is 2.57. The minimum Gasteiger partial charge on any atom is -0.494 e. The zero-order valence-electron chi connectivity index (χ0n) is 11.6. The number of hydrazone groups is 1. The van der Waals surface area contributed by atoms with Gasteiger partial charge in [0.1, 0.15) is 5.75 Å².